The van der Waals surface area contributed by atoms with Gasteiger partial charge in [-0.3, -0.25) is 0 Å². The average molecular weight is 383 g/mol. The molecule has 0 bridgehead atoms. The first-order valence-corrected chi connectivity index (χ1v) is 8.26. The summed E-state index contributed by atoms with van der Waals surface area (Å²) in [6.45, 7) is 1.60. The number of nitrogens with one attached hydrogen (secondary N) is 1. The first-order chi connectivity index (χ1) is 11.2. The van der Waals surface area contributed by atoms with Crippen LogP contribution in [0.25, 0.3) is 11.3 Å². The molecule has 1 aromatic heterocycles. The third-order valence-corrected chi connectivity index (χ3v) is 3.98. The Morgan fingerprint density at radius 2 is 1.58 bits per heavy atom. The molecule has 24 heavy (non-hydrogen) atoms. The van der Waals surface area contributed by atoms with Crippen molar-refractivity contribution in [2.45, 2.75) is 13.0 Å². The van der Waals surface area contributed by atoms with Crippen LogP contribution in [-0.4, -0.2) is 6.54 Å². The quantitative estimate of drug-likeness (QED) is 0.528. The van der Waals surface area contributed by atoms with Crippen molar-refractivity contribution in [3.05, 3.63) is 82.0 Å². The van der Waals surface area contributed by atoms with E-state index in [1.165, 1.54) is 5.56 Å². The average Bonchev–Trinajstić information content (AvgIpc) is 3.01. The fourth-order valence-electron chi connectivity index (χ4n) is 2.41. The van der Waals surface area contributed by atoms with E-state index in [1.807, 2.05) is 30.3 Å². The topological polar surface area (TPSA) is 25.2 Å². The minimum absolute atomic E-state index is 0. The molecule has 2 nitrogen and oxygen atoms in total. The van der Waals surface area contributed by atoms with Crippen LogP contribution in [0.5, 0.6) is 0 Å². The fraction of sp³-hybridized carbons (Fsp3) is 0.158. The summed E-state index contributed by atoms with van der Waals surface area (Å²) >= 11 is 12.1. The van der Waals surface area contributed by atoms with E-state index >= 15 is 0 Å². The van der Waals surface area contributed by atoms with Gasteiger partial charge in [-0.05, 0) is 48.9 Å². The van der Waals surface area contributed by atoms with Crippen molar-refractivity contribution in [2.24, 2.45) is 0 Å². The molecule has 1 N–H and O–H groups in total. The number of furan rings is 1. The van der Waals surface area contributed by atoms with Gasteiger partial charge in [-0.2, -0.15) is 0 Å². The summed E-state index contributed by atoms with van der Waals surface area (Å²) < 4.78 is 5.85. The molecule has 3 rings (SSSR count). The molecule has 0 atom stereocenters. The van der Waals surface area contributed by atoms with Crippen LogP contribution in [0.4, 0.5) is 0 Å². The molecule has 0 spiro atoms. The van der Waals surface area contributed by atoms with Gasteiger partial charge in [0.15, 0.2) is 0 Å². The van der Waals surface area contributed by atoms with Gasteiger partial charge in [0.2, 0.25) is 0 Å². The minimum Gasteiger partial charge on any atom is -0.460 e. The Balaban J connectivity index is 0.00000208. The lowest BCUT2D eigenvalue weighted by molar-refractivity contribution is 0.495. The molecule has 0 fully saturated rings. The summed E-state index contributed by atoms with van der Waals surface area (Å²) in [7, 11) is 0. The molecule has 0 amide bonds. The summed E-state index contributed by atoms with van der Waals surface area (Å²) in [6, 6.07) is 19.7. The molecule has 126 valence electrons. The lowest BCUT2D eigenvalue weighted by Crippen LogP contribution is -2.16. The molecular formula is C19H18Cl3NO. The largest absolute Gasteiger partial charge is 0.460 e. The predicted molar refractivity (Wildman–Crippen MR) is 103 cm³/mol. The van der Waals surface area contributed by atoms with Crippen molar-refractivity contribution in [1.82, 2.24) is 5.32 Å². The highest BCUT2D eigenvalue weighted by Crippen LogP contribution is 2.28. The summed E-state index contributed by atoms with van der Waals surface area (Å²) in [5.74, 6) is 1.67. The zero-order valence-electron chi connectivity index (χ0n) is 13.0. The van der Waals surface area contributed by atoms with E-state index in [9.17, 15) is 0 Å². The summed E-state index contributed by atoms with van der Waals surface area (Å²) in [5, 5.41) is 4.60. The second-order valence-corrected chi connectivity index (χ2v) is 6.21. The lowest BCUT2D eigenvalue weighted by atomic mass is 10.1. The van der Waals surface area contributed by atoms with Crippen LogP contribution in [-0.2, 0) is 13.0 Å². The van der Waals surface area contributed by atoms with Crippen LogP contribution in [0.1, 0.15) is 11.3 Å². The van der Waals surface area contributed by atoms with E-state index in [2.05, 4.69) is 29.6 Å². The summed E-state index contributed by atoms with van der Waals surface area (Å²) in [5.41, 5.74) is 2.21. The van der Waals surface area contributed by atoms with Crippen molar-refractivity contribution >= 4 is 35.6 Å². The Hall–Kier alpha value is -1.45. The van der Waals surface area contributed by atoms with E-state index in [4.69, 9.17) is 27.6 Å². The maximum Gasteiger partial charge on any atom is 0.134 e. The van der Waals surface area contributed by atoms with Gasteiger partial charge in [0, 0.05) is 15.6 Å². The van der Waals surface area contributed by atoms with Gasteiger partial charge in [0.05, 0.1) is 6.54 Å². The molecule has 0 aliphatic carbocycles. The molecule has 0 saturated carbocycles. The second kappa shape index (κ2) is 9.14. The summed E-state index contributed by atoms with van der Waals surface area (Å²) in [6.07, 6.45) is 0.998. The monoisotopic (exact) mass is 381 g/mol. The van der Waals surface area contributed by atoms with E-state index in [-0.39, 0.29) is 12.4 Å². The molecule has 0 unspecified atom stereocenters. The van der Waals surface area contributed by atoms with Crippen molar-refractivity contribution in [3.8, 4) is 11.3 Å². The Morgan fingerprint density at radius 3 is 2.29 bits per heavy atom. The molecule has 0 radical (unpaired) electrons. The van der Waals surface area contributed by atoms with Crippen LogP contribution < -0.4 is 5.32 Å². The number of benzene rings is 2. The van der Waals surface area contributed by atoms with Crippen molar-refractivity contribution in [3.63, 3.8) is 0 Å². The lowest BCUT2D eigenvalue weighted by Gasteiger charge is -2.03. The van der Waals surface area contributed by atoms with Crippen LogP contribution in [0.2, 0.25) is 10.0 Å². The van der Waals surface area contributed by atoms with Gasteiger partial charge in [-0.15, -0.1) is 12.4 Å². The van der Waals surface area contributed by atoms with Crippen molar-refractivity contribution in [2.75, 3.05) is 6.54 Å². The van der Waals surface area contributed by atoms with Gasteiger partial charge in [-0.1, -0.05) is 53.5 Å². The van der Waals surface area contributed by atoms with E-state index in [0.29, 0.717) is 16.6 Å². The van der Waals surface area contributed by atoms with Crippen LogP contribution in [0, 0.1) is 0 Å². The molecule has 3 aromatic rings. The number of rotatable bonds is 6. The van der Waals surface area contributed by atoms with Crippen LogP contribution in [0.3, 0.4) is 0 Å². The number of hydrogen-bond acceptors (Lipinski definition) is 2. The number of halogens is 3. The molecule has 1 heterocycles. The molecule has 0 aliphatic rings. The maximum absolute atomic E-state index is 6.03. The van der Waals surface area contributed by atoms with E-state index < -0.39 is 0 Å². The standard InChI is InChI=1S/C19H17Cl2NO.ClH/c20-16-10-15(11-17(21)12-16)19-7-6-18(23-19)13-22-9-8-14-4-2-1-3-5-14;/h1-7,10-12,22H,8-9,13H2;1H. The Labute approximate surface area is 158 Å². The van der Waals surface area contributed by atoms with Gasteiger partial charge in [0.25, 0.3) is 0 Å². The Bertz CT molecular complexity index is 751. The first kappa shape index (κ1) is 18.9. The zero-order valence-corrected chi connectivity index (χ0v) is 15.3. The van der Waals surface area contributed by atoms with Crippen molar-refractivity contribution in [1.29, 1.82) is 0 Å². The molecule has 2 aromatic carbocycles. The SMILES string of the molecule is Cl.Clc1cc(Cl)cc(-c2ccc(CNCCc3ccccc3)o2)c1. The first-order valence-electron chi connectivity index (χ1n) is 7.50. The van der Waals surface area contributed by atoms with Gasteiger partial charge in [-0.25, -0.2) is 0 Å². The van der Waals surface area contributed by atoms with Crippen LogP contribution >= 0.6 is 35.6 Å². The Morgan fingerprint density at radius 1 is 0.875 bits per heavy atom. The van der Waals surface area contributed by atoms with E-state index in [1.54, 1.807) is 6.07 Å². The Kier molecular flexibility index (Phi) is 7.19. The molecule has 0 aliphatic heterocycles. The normalized spacial score (nSPS) is 10.4. The molecule has 5 heteroatoms. The third-order valence-electron chi connectivity index (χ3n) is 3.54. The fourth-order valence-corrected chi connectivity index (χ4v) is 2.94. The predicted octanol–water partition coefficient (Wildman–Crippen LogP) is 6.01. The highest BCUT2D eigenvalue weighted by Gasteiger charge is 2.07. The zero-order chi connectivity index (χ0) is 16.1. The van der Waals surface area contributed by atoms with Gasteiger partial charge >= 0.3 is 0 Å². The highest BCUT2D eigenvalue weighted by atomic mass is 35.5. The highest BCUT2D eigenvalue weighted by molar-refractivity contribution is 6.35. The third kappa shape index (κ3) is 5.29. The van der Waals surface area contributed by atoms with Crippen LogP contribution in [0.15, 0.2) is 65.1 Å². The second-order valence-electron chi connectivity index (χ2n) is 5.34. The molecular weight excluding hydrogens is 365 g/mol. The summed E-state index contributed by atoms with van der Waals surface area (Å²) in [4.78, 5) is 0. The smallest absolute Gasteiger partial charge is 0.134 e. The van der Waals surface area contributed by atoms with Gasteiger partial charge in [0.1, 0.15) is 11.5 Å². The number of hydrogen-bond donors (Lipinski definition) is 1. The minimum atomic E-state index is 0. The van der Waals surface area contributed by atoms with Crippen molar-refractivity contribution < 1.29 is 4.42 Å². The maximum atomic E-state index is 6.03. The van der Waals surface area contributed by atoms with E-state index in [0.717, 1.165) is 30.0 Å². The molecule has 0 saturated heterocycles. The van der Waals surface area contributed by atoms with Gasteiger partial charge < -0.3 is 9.73 Å².